The number of nitrogens with zero attached hydrogens (tertiary/aromatic N) is 3. The third kappa shape index (κ3) is 8.99. The van der Waals surface area contributed by atoms with E-state index in [1.54, 1.807) is 60.9 Å². The summed E-state index contributed by atoms with van der Waals surface area (Å²) in [6.45, 7) is 0. The van der Waals surface area contributed by atoms with E-state index in [1.807, 2.05) is 0 Å². The molecule has 0 saturated heterocycles. The molecule has 1 radical (unpaired) electrons. The molecule has 10 heteroatoms. The number of hydrogen-bond donors (Lipinski definition) is 1. The summed E-state index contributed by atoms with van der Waals surface area (Å²) in [6.07, 6.45) is 4.58. The minimum absolute atomic E-state index is 0. The van der Waals surface area contributed by atoms with Gasteiger partial charge in [-0.1, -0.05) is 42.0 Å². The van der Waals surface area contributed by atoms with Crippen molar-refractivity contribution in [1.29, 1.82) is 0 Å². The van der Waals surface area contributed by atoms with Crippen molar-refractivity contribution in [2.24, 2.45) is 0 Å². The zero-order valence-corrected chi connectivity index (χ0v) is 21.7. The van der Waals surface area contributed by atoms with Crippen LogP contribution in [0.3, 0.4) is 0 Å². The molecule has 1 N–H and O–H groups in total. The van der Waals surface area contributed by atoms with Crippen molar-refractivity contribution in [3.05, 3.63) is 139 Å². The van der Waals surface area contributed by atoms with Gasteiger partial charge in [0.2, 0.25) is 0 Å². The second-order valence-electron chi connectivity index (χ2n) is 7.03. The smallest absolute Gasteiger partial charge is 0.354 e. The number of rotatable bonds is 3. The van der Waals surface area contributed by atoms with Crippen LogP contribution in [0, 0.1) is 35.4 Å². The standard InChI is InChI=1S/2C11H6F2N.C6H5NO2.Ir/c12-8-4-5-9(10(13)7-8)11-3-1-2-6-14-11;12-9-5-4-8(7-10(9)13)11-3-1-2-6-14-11;8-6(9)5-3-1-2-4-7-5;/h1-4,6-7H;1-3,5-7H;1-4H,(H,8,9);/q2*-1;;. The van der Waals surface area contributed by atoms with E-state index >= 15 is 0 Å². The van der Waals surface area contributed by atoms with E-state index in [2.05, 4.69) is 27.1 Å². The molecular weight excluding hydrogens is 679 g/mol. The Morgan fingerprint density at radius 2 is 1.29 bits per heavy atom. The van der Waals surface area contributed by atoms with Gasteiger partial charge in [0.1, 0.15) is 5.69 Å². The number of carboxylic acid groups (broad SMARTS) is 1. The Bertz CT molecular complexity index is 1450. The second-order valence-corrected chi connectivity index (χ2v) is 7.03. The van der Waals surface area contributed by atoms with Gasteiger partial charge in [-0.25, -0.2) is 14.2 Å². The maximum Gasteiger partial charge on any atom is 0.354 e. The molecule has 0 amide bonds. The maximum absolute atomic E-state index is 13.2. The molecule has 0 fully saturated rings. The first-order valence-corrected chi connectivity index (χ1v) is 10.6. The average Bonchev–Trinajstić information content (AvgIpc) is 2.92. The molecule has 0 atom stereocenters. The molecule has 2 aromatic carbocycles. The van der Waals surface area contributed by atoms with Crippen molar-refractivity contribution >= 4 is 5.97 Å². The molecule has 0 aliphatic rings. The van der Waals surface area contributed by atoms with Gasteiger partial charge < -0.3 is 15.1 Å². The predicted octanol–water partition coefficient (Wildman–Crippen LogP) is 6.43. The van der Waals surface area contributed by atoms with Crippen molar-refractivity contribution in [2.45, 2.75) is 0 Å². The average molecular weight is 696 g/mol. The van der Waals surface area contributed by atoms with Gasteiger partial charge in [0.25, 0.3) is 0 Å². The maximum atomic E-state index is 13.2. The van der Waals surface area contributed by atoms with Crippen LogP contribution in [0.5, 0.6) is 0 Å². The summed E-state index contributed by atoms with van der Waals surface area (Å²) >= 11 is 0. The molecule has 0 aliphatic carbocycles. The summed E-state index contributed by atoms with van der Waals surface area (Å²) in [5.41, 5.74) is 1.74. The Labute approximate surface area is 229 Å². The van der Waals surface area contributed by atoms with E-state index < -0.39 is 29.2 Å². The molecule has 0 bridgehead atoms. The molecule has 3 aromatic heterocycles. The first kappa shape index (κ1) is 30.0. The van der Waals surface area contributed by atoms with Crippen LogP contribution in [-0.2, 0) is 20.1 Å². The molecule has 38 heavy (non-hydrogen) atoms. The number of carboxylic acids is 1. The third-order valence-electron chi connectivity index (χ3n) is 4.46. The topological polar surface area (TPSA) is 76.0 Å². The van der Waals surface area contributed by atoms with Gasteiger partial charge in [-0.05, 0) is 35.7 Å². The SMILES string of the molecule is Fc1c[c-]c(-c2ccccn2)c(F)c1.Fc1c[c-]c(-c2ccccn2)cc1F.O=C(O)c1ccccn1.[Ir]. The zero-order valence-electron chi connectivity index (χ0n) is 19.3. The molecule has 5 nitrogen and oxygen atoms in total. The number of pyridine rings is 3. The van der Waals surface area contributed by atoms with Crippen molar-refractivity contribution in [1.82, 2.24) is 15.0 Å². The largest absolute Gasteiger partial charge is 0.477 e. The molecule has 195 valence electrons. The van der Waals surface area contributed by atoms with Crippen LogP contribution in [0.1, 0.15) is 10.5 Å². The quantitative estimate of drug-likeness (QED) is 0.174. The third-order valence-corrected chi connectivity index (χ3v) is 4.46. The fourth-order valence-electron chi connectivity index (χ4n) is 2.76. The fraction of sp³-hybridized carbons (Fsp3) is 0. The van der Waals surface area contributed by atoms with Gasteiger partial charge in [-0.2, -0.15) is 0 Å². The van der Waals surface area contributed by atoms with Gasteiger partial charge in [-0.15, -0.1) is 35.9 Å². The van der Waals surface area contributed by atoms with E-state index in [0.29, 0.717) is 17.0 Å². The number of halogens is 4. The Hall–Kier alpha value is -4.27. The number of benzene rings is 2. The summed E-state index contributed by atoms with van der Waals surface area (Å²) in [6, 6.07) is 24.2. The Kier molecular flexibility index (Phi) is 11.9. The van der Waals surface area contributed by atoms with Crippen LogP contribution in [0.4, 0.5) is 17.6 Å². The van der Waals surface area contributed by atoms with Crippen LogP contribution in [-0.4, -0.2) is 26.0 Å². The molecule has 0 spiro atoms. The van der Waals surface area contributed by atoms with Gasteiger partial charge in [-0.3, -0.25) is 13.2 Å². The minimum Gasteiger partial charge on any atom is -0.477 e. The first-order valence-electron chi connectivity index (χ1n) is 10.6. The van der Waals surface area contributed by atoms with Gasteiger partial charge in [0, 0.05) is 50.3 Å². The van der Waals surface area contributed by atoms with E-state index in [-0.39, 0.29) is 31.4 Å². The van der Waals surface area contributed by atoms with Crippen LogP contribution < -0.4 is 0 Å². The number of aromatic nitrogens is 3. The minimum atomic E-state index is -0.990. The van der Waals surface area contributed by atoms with Gasteiger partial charge in [0.05, 0.1) is 11.6 Å². The zero-order chi connectivity index (χ0) is 26.6. The molecule has 0 aliphatic heterocycles. The van der Waals surface area contributed by atoms with E-state index in [9.17, 15) is 22.4 Å². The van der Waals surface area contributed by atoms with E-state index in [1.165, 1.54) is 12.3 Å². The van der Waals surface area contributed by atoms with Crippen LogP contribution >= 0.6 is 0 Å². The first-order chi connectivity index (χ1) is 17.8. The van der Waals surface area contributed by atoms with Gasteiger partial charge >= 0.3 is 5.97 Å². The molecule has 5 aromatic rings. The predicted molar refractivity (Wildman–Crippen MR) is 128 cm³/mol. The van der Waals surface area contributed by atoms with E-state index in [0.717, 1.165) is 24.3 Å². The van der Waals surface area contributed by atoms with Crippen LogP contribution in [0.25, 0.3) is 22.5 Å². The van der Waals surface area contributed by atoms with Crippen molar-refractivity contribution < 1.29 is 47.6 Å². The summed E-state index contributed by atoms with van der Waals surface area (Å²) in [4.78, 5) is 21.7. The summed E-state index contributed by atoms with van der Waals surface area (Å²) in [5, 5.41) is 8.32. The van der Waals surface area contributed by atoms with Crippen LogP contribution in [0.2, 0.25) is 0 Å². The Morgan fingerprint density at radius 1 is 0.684 bits per heavy atom. The van der Waals surface area contributed by atoms with Gasteiger partial charge in [0.15, 0.2) is 0 Å². The summed E-state index contributed by atoms with van der Waals surface area (Å²) < 4.78 is 51.2. The Balaban J connectivity index is 0.000000203. The normalized spacial score (nSPS) is 9.58. The fourth-order valence-corrected chi connectivity index (χ4v) is 2.76. The van der Waals surface area contributed by atoms with Crippen LogP contribution in [0.15, 0.2) is 97.5 Å². The monoisotopic (exact) mass is 696 g/mol. The molecule has 3 heterocycles. The Morgan fingerprint density at radius 3 is 1.76 bits per heavy atom. The van der Waals surface area contributed by atoms with Crippen molar-refractivity contribution in [3.63, 3.8) is 0 Å². The number of hydrogen-bond acceptors (Lipinski definition) is 4. The number of carbonyl (C=O) groups is 1. The summed E-state index contributed by atoms with van der Waals surface area (Å²) in [5.74, 6) is -4.06. The molecule has 0 unspecified atom stereocenters. The molecular formula is C28H17F4IrN3O2-2. The number of aromatic carboxylic acids is 1. The second kappa shape index (κ2) is 15.1. The van der Waals surface area contributed by atoms with Crippen molar-refractivity contribution in [3.8, 4) is 22.5 Å². The molecule has 0 saturated carbocycles. The molecule has 5 rings (SSSR count). The van der Waals surface area contributed by atoms with Crippen molar-refractivity contribution in [2.75, 3.05) is 0 Å². The summed E-state index contributed by atoms with van der Waals surface area (Å²) in [7, 11) is 0. The van der Waals surface area contributed by atoms with E-state index in [4.69, 9.17) is 5.11 Å².